The van der Waals surface area contributed by atoms with Crippen LogP contribution < -0.4 is 5.32 Å². The second kappa shape index (κ2) is 7.14. The number of anilines is 1. The van der Waals surface area contributed by atoms with Crippen LogP contribution in [0.3, 0.4) is 0 Å². The highest BCUT2D eigenvalue weighted by molar-refractivity contribution is 7.99. The Hall–Kier alpha value is -2.39. The van der Waals surface area contributed by atoms with E-state index in [4.69, 9.17) is 11.6 Å². The molecule has 0 saturated carbocycles. The highest BCUT2D eigenvalue weighted by Gasteiger charge is 2.42. The zero-order valence-corrected chi connectivity index (χ0v) is 17.8. The highest BCUT2D eigenvalue weighted by Crippen LogP contribution is 2.47. The van der Waals surface area contributed by atoms with E-state index in [0.29, 0.717) is 40.1 Å². The van der Waals surface area contributed by atoms with Gasteiger partial charge in [-0.1, -0.05) is 44.1 Å². The Bertz CT molecular complexity index is 1060. The molecule has 8 nitrogen and oxygen atoms in total. The summed E-state index contributed by atoms with van der Waals surface area (Å²) >= 11 is 7.94. The van der Waals surface area contributed by atoms with Crippen LogP contribution in [0.4, 0.5) is 11.6 Å². The summed E-state index contributed by atoms with van der Waals surface area (Å²) in [7, 11) is 0. The van der Waals surface area contributed by atoms with Crippen molar-refractivity contribution in [2.45, 2.75) is 44.8 Å². The number of hydrogen-bond acceptors (Lipinski definition) is 7. The Morgan fingerprint density at radius 3 is 2.86 bits per heavy atom. The normalized spacial score (nSPS) is 20.1. The first kappa shape index (κ1) is 19.9. The van der Waals surface area contributed by atoms with E-state index in [1.54, 1.807) is 4.68 Å². The van der Waals surface area contributed by atoms with Crippen molar-refractivity contribution < 1.29 is 9.72 Å². The smallest absolute Gasteiger partial charge is 0.269 e. The van der Waals surface area contributed by atoms with Crippen LogP contribution in [0.25, 0.3) is 0 Å². The predicted molar refractivity (Wildman–Crippen MR) is 111 cm³/mol. The molecule has 152 valence electrons. The zero-order chi connectivity index (χ0) is 20.9. The van der Waals surface area contributed by atoms with Gasteiger partial charge in [0, 0.05) is 40.4 Å². The molecule has 4 rings (SSSR count). The summed E-state index contributed by atoms with van der Waals surface area (Å²) < 4.78 is 1.62. The maximum absolute atomic E-state index is 13.2. The lowest BCUT2D eigenvalue weighted by Crippen LogP contribution is -2.36. The Morgan fingerprint density at radius 1 is 1.41 bits per heavy atom. The first-order chi connectivity index (χ1) is 13.7. The Balaban J connectivity index is 1.94. The second-order valence-electron chi connectivity index (χ2n) is 7.92. The Labute approximate surface area is 176 Å². The van der Waals surface area contributed by atoms with E-state index in [2.05, 4.69) is 15.4 Å². The van der Waals surface area contributed by atoms with Gasteiger partial charge in [-0.05, 0) is 23.7 Å². The van der Waals surface area contributed by atoms with Crippen molar-refractivity contribution in [1.82, 2.24) is 14.8 Å². The summed E-state index contributed by atoms with van der Waals surface area (Å²) in [6.45, 7) is 6.09. The molecule has 0 radical (unpaired) electrons. The number of hydrogen-bond donors (Lipinski definition) is 1. The maximum Gasteiger partial charge on any atom is 0.269 e. The van der Waals surface area contributed by atoms with Crippen LogP contribution in [0.15, 0.2) is 34.6 Å². The van der Waals surface area contributed by atoms with Gasteiger partial charge in [0.15, 0.2) is 5.78 Å². The quantitative estimate of drug-likeness (QED) is 0.426. The lowest BCUT2D eigenvalue weighted by molar-refractivity contribution is -0.384. The van der Waals surface area contributed by atoms with E-state index in [-0.39, 0.29) is 16.9 Å². The van der Waals surface area contributed by atoms with E-state index in [0.717, 1.165) is 11.4 Å². The number of halogens is 1. The van der Waals surface area contributed by atoms with Gasteiger partial charge in [0.2, 0.25) is 11.1 Å². The minimum absolute atomic E-state index is 0.0119. The number of nitrogens with one attached hydrogen (secondary N) is 1. The van der Waals surface area contributed by atoms with Crippen molar-refractivity contribution in [2.75, 3.05) is 11.1 Å². The van der Waals surface area contributed by atoms with Crippen LogP contribution >= 0.6 is 23.4 Å². The Kier molecular flexibility index (Phi) is 4.90. The number of benzene rings is 1. The molecule has 1 aliphatic heterocycles. The van der Waals surface area contributed by atoms with Gasteiger partial charge in [-0.15, -0.1) is 5.10 Å². The van der Waals surface area contributed by atoms with Crippen LogP contribution in [0.5, 0.6) is 0 Å². The van der Waals surface area contributed by atoms with Gasteiger partial charge in [0.05, 0.1) is 4.92 Å². The second-order valence-corrected chi connectivity index (χ2v) is 9.56. The number of carbonyl (C=O) groups is 1. The average molecular weight is 434 g/mol. The van der Waals surface area contributed by atoms with Crippen LogP contribution in [0.1, 0.15) is 45.2 Å². The molecule has 2 aromatic rings. The number of carbonyl (C=O) groups excluding carboxylic acids is 1. The van der Waals surface area contributed by atoms with Crippen molar-refractivity contribution >= 4 is 40.8 Å². The first-order valence-corrected chi connectivity index (χ1v) is 10.6. The number of rotatable bonds is 4. The fourth-order valence-electron chi connectivity index (χ4n) is 3.92. The summed E-state index contributed by atoms with van der Waals surface area (Å²) in [5.74, 6) is 1.30. The van der Waals surface area contributed by atoms with E-state index < -0.39 is 11.0 Å². The van der Waals surface area contributed by atoms with E-state index in [1.807, 2.05) is 20.8 Å². The highest BCUT2D eigenvalue weighted by atomic mass is 35.5. The van der Waals surface area contributed by atoms with Gasteiger partial charge in [-0.25, -0.2) is 4.68 Å². The summed E-state index contributed by atoms with van der Waals surface area (Å²) in [5.41, 5.74) is 1.54. The van der Waals surface area contributed by atoms with Gasteiger partial charge in [-0.3, -0.25) is 14.9 Å². The molecule has 1 aromatic heterocycles. The zero-order valence-electron chi connectivity index (χ0n) is 16.2. The molecule has 0 amide bonds. The molecule has 1 aliphatic carbocycles. The van der Waals surface area contributed by atoms with Crippen molar-refractivity contribution in [2.24, 2.45) is 5.41 Å². The number of Topliss-reactive ketones (excluding diaryl/α,β-unsaturated/α-hetero) is 1. The van der Waals surface area contributed by atoms with Crippen LogP contribution in [-0.2, 0) is 4.79 Å². The number of fused-ring (bicyclic) bond motifs is 1. The monoisotopic (exact) mass is 433 g/mol. The fourth-order valence-corrected chi connectivity index (χ4v) is 4.70. The Morgan fingerprint density at radius 2 is 2.17 bits per heavy atom. The molecule has 0 fully saturated rings. The van der Waals surface area contributed by atoms with E-state index >= 15 is 0 Å². The number of nitrogens with zero attached hydrogens (tertiary/aromatic N) is 4. The third-order valence-corrected chi connectivity index (χ3v) is 6.13. The van der Waals surface area contributed by atoms with Gasteiger partial charge >= 0.3 is 0 Å². The predicted octanol–water partition coefficient (Wildman–Crippen LogP) is 4.61. The first-order valence-electron chi connectivity index (χ1n) is 9.26. The standard InChI is InChI=1S/C19H20ClN5O3S/c1-4-29-18-22-17-21-13-8-19(2,3)9-14(26)15(13)16(24(17)23-18)11-7-10(25(27)28)5-6-12(11)20/h5-7,16H,4,8-9H2,1-3H3,(H,21,22,23). The van der Waals surface area contributed by atoms with Crippen LogP contribution in [0.2, 0.25) is 5.02 Å². The molecule has 1 aromatic carbocycles. The van der Waals surface area contributed by atoms with Gasteiger partial charge < -0.3 is 5.32 Å². The third kappa shape index (κ3) is 3.53. The summed E-state index contributed by atoms with van der Waals surface area (Å²) in [4.78, 5) is 28.6. The summed E-state index contributed by atoms with van der Waals surface area (Å²) in [5, 5.41) is 20.1. The molecule has 10 heteroatoms. The SMILES string of the molecule is CCSc1nc2n(n1)C(c1cc([N+](=O)[O-])ccc1Cl)C1=C(CC(C)(C)CC1=O)N2. The van der Waals surface area contributed by atoms with E-state index in [9.17, 15) is 14.9 Å². The molecule has 0 saturated heterocycles. The molecule has 0 bridgehead atoms. The number of aromatic nitrogens is 3. The average Bonchev–Trinajstić information content (AvgIpc) is 3.01. The number of thioether (sulfide) groups is 1. The van der Waals surface area contributed by atoms with Crippen LogP contribution in [-0.4, -0.2) is 31.2 Å². The number of nitro groups is 1. The lowest BCUT2D eigenvalue weighted by atomic mass is 9.73. The summed E-state index contributed by atoms with van der Waals surface area (Å²) in [6.07, 6.45) is 1.05. The fraction of sp³-hybridized carbons (Fsp3) is 0.421. The number of non-ortho nitro benzene ring substituents is 1. The molecule has 2 heterocycles. The van der Waals surface area contributed by atoms with Gasteiger partial charge in [0.1, 0.15) is 6.04 Å². The minimum atomic E-state index is -0.657. The molecule has 1 unspecified atom stereocenters. The molecule has 1 atom stereocenters. The maximum atomic E-state index is 13.2. The lowest BCUT2D eigenvalue weighted by Gasteiger charge is -2.38. The minimum Gasteiger partial charge on any atom is -0.328 e. The summed E-state index contributed by atoms with van der Waals surface area (Å²) in [6, 6.07) is 3.62. The van der Waals surface area contributed by atoms with Crippen LogP contribution in [0, 0.1) is 15.5 Å². The van der Waals surface area contributed by atoms with Crippen molar-refractivity contribution in [3.8, 4) is 0 Å². The van der Waals surface area contributed by atoms with Crippen molar-refractivity contribution in [1.29, 1.82) is 0 Å². The van der Waals surface area contributed by atoms with Gasteiger partial charge in [-0.2, -0.15) is 4.98 Å². The largest absolute Gasteiger partial charge is 0.328 e. The molecule has 2 aliphatic rings. The van der Waals surface area contributed by atoms with Crippen molar-refractivity contribution in [3.63, 3.8) is 0 Å². The number of ketones is 1. The number of allylic oxidation sites excluding steroid dienone is 2. The molecule has 1 N–H and O–H groups in total. The molecular weight excluding hydrogens is 414 g/mol. The van der Waals surface area contributed by atoms with Gasteiger partial charge in [0.25, 0.3) is 5.69 Å². The molecular formula is C19H20ClN5O3S. The third-order valence-electron chi connectivity index (χ3n) is 5.07. The van der Waals surface area contributed by atoms with E-state index in [1.165, 1.54) is 30.0 Å². The van der Waals surface area contributed by atoms with Crippen molar-refractivity contribution in [3.05, 3.63) is 50.2 Å². The molecule has 0 spiro atoms. The number of nitro benzene ring substituents is 1. The molecule has 29 heavy (non-hydrogen) atoms. The topological polar surface area (TPSA) is 103 Å².